The first kappa shape index (κ1) is 12.7. The molecule has 1 heterocycles. The second-order valence-corrected chi connectivity index (χ2v) is 5.65. The molecule has 0 radical (unpaired) electrons. The van der Waals surface area contributed by atoms with Crippen molar-refractivity contribution >= 4 is 40.2 Å². The summed E-state index contributed by atoms with van der Waals surface area (Å²) in [5.41, 5.74) is 1.47. The molecule has 17 heavy (non-hydrogen) atoms. The molecule has 1 N–H and O–H groups in total. The Morgan fingerprint density at radius 1 is 1.29 bits per heavy atom. The molecule has 0 saturated carbocycles. The SMILES string of the molecule is CC(Nc1ccc(Cl)cc1F)c1csc(Cl)c1. The number of rotatable bonds is 3. The molecule has 90 valence electrons. The highest BCUT2D eigenvalue weighted by atomic mass is 35.5. The summed E-state index contributed by atoms with van der Waals surface area (Å²) in [6.07, 6.45) is 0. The smallest absolute Gasteiger partial charge is 0.147 e. The predicted molar refractivity (Wildman–Crippen MR) is 72.8 cm³/mol. The Bertz CT molecular complexity index is 527. The molecular weight excluding hydrogens is 280 g/mol. The quantitative estimate of drug-likeness (QED) is 0.801. The van der Waals surface area contributed by atoms with Crippen LogP contribution in [0.25, 0.3) is 0 Å². The van der Waals surface area contributed by atoms with E-state index in [9.17, 15) is 4.39 Å². The van der Waals surface area contributed by atoms with Gasteiger partial charge in [-0.05, 0) is 42.1 Å². The topological polar surface area (TPSA) is 12.0 Å². The number of hydrogen-bond donors (Lipinski definition) is 1. The van der Waals surface area contributed by atoms with Crippen LogP contribution in [0.3, 0.4) is 0 Å². The Balaban J connectivity index is 2.15. The average Bonchev–Trinajstić information content (AvgIpc) is 2.69. The van der Waals surface area contributed by atoms with Crippen LogP contribution >= 0.6 is 34.5 Å². The zero-order valence-corrected chi connectivity index (χ0v) is 11.3. The summed E-state index contributed by atoms with van der Waals surface area (Å²) >= 11 is 13.0. The lowest BCUT2D eigenvalue weighted by Gasteiger charge is -2.14. The molecule has 0 spiro atoms. The van der Waals surface area contributed by atoms with E-state index in [2.05, 4.69) is 5.32 Å². The van der Waals surface area contributed by atoms with Gasteiger partial charge in [0.25, 0.3) is 0 Å². The molecule has 0 saturated heterocycles. The zero-order valence-electron chi connectivity index (χ0n) is 9.01. The molecule has 1 unspecified atom stereocenters. The lowest BCUT2D eigenvalue weighted by atomic mass is 10.1. The molecule has 2 rings (SSSR count). The zero-order chi connectivity index (χ0) is 12.4. The molecule has 0 amide bonds. The molecule has 0 bridgehead atoms. The summed E-state index contributed by atoms with van der Waals surface area (Å²) in [6.45, 7) is 1.95. The number of benzene rings is 1. The van der Waals surface area contributed by atoms with Crippen LogP contribution in [0.5, 0.6) is 0 Å². The van der Waals surface area contributed by atoms with Crippen LogP contribution in [-0.2, 0) is 0 Å². The van der Waals surface area contributed by atoms with Crippen molar-refractivity contribution in [1.29, 1.82) is 0 Å². The van der Waals surface area contributed by atoms with Crippen LogP contribution in [0.15, 0.2) is 29.6 Å². The van der Waals surface area contributed by atoms with Crippen molar-refractivity contribution in [2.24, 2.45) is 0 Å². The monoisotopic (exact) mass is 289 g/mol. The lowest BCUT2D eigenvalue weighted by Crippen LogP contribution is -2.06. The van der Waals surface area contributed by atoms with Crippen molar-refractivity contribution in [3.8, 4) is 0 Å². The third-order valence-corrected chi connectivity index (χ3v) is 3.74. The maximum Gasteiger partial charge on any atom is 0.147 e. The molecule has 1 atom stereocenters. The fourth-order valence-corrected chi connectivity index (χ4v) is 2.62. The maximum atomic E-state index is 13.6. The molecule has 1 nitrogen and oxygen atoms in total. The van der Waals surface area contributed by atoms with Gasteiger partial charge >= 0.3 is 0 Å². The number of thiophene rings is 1. The second kappa shape index (κ2) is 5.25. The number of anilines is 1. The minimum absolute atomic E-state index is 0.00516. The summed E-state index contributed by atoms with van der Waals surface area (Å²) in [5.74, 6) is -0.356. The summed E-state index contributed by atoms with van der Waals surface area (Å²) in [4.78, 5) is 0. The molecule has 0 fully saturated rings. The Morgan fingerprint density at radius 2 is 2.06 bits per heavy atom. The van der Waals surface area contributed by atoms with Gasteiger partial charge in [0, 0.05) is 11.1 Å². The fraction of sp³-hybridized carbons (Fsp3) is 0.167. The highest BCUT2D eigenvalue weighted by Crippen LogP contribution is 2.28. The largest absolute Gasteiger partial charge is 0.376 e. The van der Waals surface area contributed by atoms with Gasteiger partial charge < -0.3 is 5.32 Å². The standard InChI is InChI=1S/C12H10Cl2FNS/c1-7(8-4-12(14)17-6-8)16-11-3-2-9(13)5-10(11)15/h2-7,16H,1H3. The first-order valence-electron chi connectivity index (χ1n) is 5.02. The van der Waals surface area contributed by atoms with Gasteiger partial charge in [0.05, 0.1) is 10.0 Å². The van der Waals surface area contributed by atoms with Crippen LogP contribution in [0.1, 0.15) is 18.5 Å². The Labute approximate surface area is 113 Å². The minimum Gasteiger partial charge on any atom is -0.376 e. The summed E-state index contributed by atoms with van der Waals surface area (Å²) in [5, 5.41) is 5.42. The highest BCUT2D eigenvalue weighted by Gasteiger charge is 2.10. The van der Waals surface area contributed by atoms with Crippen molar-refractivity contribution in [2.45, 2.75) is 13.0 Å². The number of hydrogen-bond acceptors (Lipinski definition) is 2. The maximum absolute atomic E-state index is 13.6. The molecule has 5 heteroatoms. The summed E-state index contributed by atoms with van der Waals surface area (Å²) in [7, 11) is 0. The molecule has 1 aromatic heterocycles. The van der Waals surface area contributed by atoms with Gasteiger partial charge in [0.2, 0.25) is 0 Å². The van der Waals surface area contributed by atoms with Gasteiger partial charge in [0.15, 0.2) is 0 Å². The first-order valence-corrected chi connectivity index (χ1v) is 6.65. The van der Waals surface area contributed by atoms with E-state index < -0.39 is 0 Å². The van der Waals surface area contributed by atoms with E-state index in [-0.39, 0.29) is 11.9 Å². The van der Waals surface area contributed by atoms with E-state index in [0.29, 0.717) is 10.7 Å². The van der Waals surface area contributed by atoms with Gasteiger partial charge in [-0.1, -0.05) is 23.2 Å². The van der Waals surface area contributed by atoms with Gasteiger partial charge in [-0.25, -0.2) is 4.39 Å². The molecule has 0 aliphatic carbocycles. The predicted octanol–water partition coefficient (Wildman–Crippen LogP) is 5.37. The highest BCUT2D eigenvalue weighted by molar-refractivity contribution is 7.14. The van der Waals surface area contributed by atoms with Gasteiger partial charge in [-0.15, -0.1) is 11.3 Å². The van der Waals surface area contributed by atoms with Crippen LogP contribution in [0, 0.1) is 5.82 Å². The van der Waals surface area contributed by atoms with Crippen molar-refractivity contribution in [3.63, 3.8) is 0 Å². The van der Waals surface area contributed by atoms with Crippen molar-refractivity contribution in [3.05, 3.63) is 50.4 Å². The van der Waals surface area contributed by atoms with Crippen molar-refractivity contribution in [2.75, 3.05) is 5.32 Å². The van der Waals surface area contributed by atoms with E-state index in [1.54, 1.807) is 12.1 Å². The van der Waals surface area contributed by atoms with Crippen molar-refractivity contribution in [1.82, 2.24) is 0 Å². The van der Waals surface area contributed by atoms with E-state index in [1.807, 2.05) is 18.4 Å². The third kappa shape index (κ3) is 3.12. The lowest BCUT2D eigenvalue weighted by molar-refractivity contribution is 0.627. The Kier molecular flexibility index (Phi) is 3.92. The summed E-state index contributed by atoms with van der Waals surface area (Å²) < 4.78 is 14.3. The number of nitrogens with one attached hydrogen (secondary N) is 1. The van der Waals surface area contributed by atoms with Crippen LogP contribution in [0.4, 0.5) is 10.1 Å². The van der Waals surface area contributed by atoms with E-state index in [0.717, 1.165) is 9.90 Å². The summed E-state index contributed by atoms with van der Waals surface area (Å²) in [6, 6.07) is 6.44. The molecule has 1 aromatic carbocycles. The molecule has 2 aromatic rings. The normalized spacial score (nSPS) is 12.5. The van der Waals surface area contributed by atoms with Crippen molar-refractivity contribution < 1.29 is 4.39 Å². The van der Waals surface area contributed by atoms with E-state index in [1.165, 1.54) is 17.4 Å². The minimum atomic E-state index is -0.356. The van der Waals surface area contributed by atoms with Gasteiger partial charge in [-0.2, -0.15) is 0 Å². The average molecular weight is 290 g/mol. The van der Waals surface area contributed by atoms with Gasteiger partial charge in [0.1, 0.15) is 5.82 Å². The van der Waals surface area contributed by atoms with Crippen LogP contribution in [-0.4, -0.2) is 0 Å². The van der Waals surface area contributed by atoms with Crippen LogP contribution in [0.2, 0.25) is 9.36 Å². The third-order valence-electron chi connectivity index (χ3n) is 2.39. The first-order chi connectivity index (χ1) is 8.06. The molecule has 0 aliphatic heterocycles. The van der Waals surface area contributed by atoms with Gasteiger partial charge in [-0.3, -0.25) is 0 Å². The van der Waals surface area contributed by atoms with E-state index in [4.69, 9.17) is 23.2 Å². The Morgan fingerprint density at radius 3 is 2.65 bits per heavy atom. The second-order valence-electron chi connectivity index (χ2n) is 3.67. The fourth-order valence-electron chi connectivity index (χ4n) is 1.47. The Hall–Kier alpha value is -0.770. The number of halogens is 3. The molecular formula is C12H10Cl2FNS. The van der Waals surface area contributed by atoms with Crippen LogP contribution < -0.4 is 5.32 Å². The van der Waals surface area contributed by atoms with E-state index >= 15 is 0 Å². The molecule has 0 aliphatic rings.